The number of nitrogens with one attached hydrogen (secondary N) is 1. The number of nitrogens with zero attached hydrogens (tertiary/aromatic N) is 4. The van der Waals surface area contributed by atoms with Crippen LogP contribution in [0.5, 0.6) is 0 Å². The van der Waals surface area contributed by atoms with Crippen molar-refractivity contribution in [2.75, 3.05) is 5.73 Å². The number of aromatic amines is 1. The molecule has 0 unspecified atom stereocenters. The zero-order valence-corrected chi connectivity index (χ0v) is 14.4. The van der Waals surface area contributed by atoms with Crippen molar-refractivity contribution in [3.63, 3.8) is 0 Å². The van der Waals surface area contributed by atoms with Crippen LogP contribution in [0.1, 0.15) is 36.9 Å². The Bertz CT molecular complexity index is 975. The molecule has 0 saturated heterocycles. The van der Waals surface area contributed by atoms with Gasteiger partial charge in [-0.3, -0.25) is 14.8 Å². The van der Waals surface area contributed by atoms with Crippen LogP contribution in [0.3, 0.4) is 0 Å². The smallest absolute Gasteiger partial charge is 0.274 e. The number of rotatable bonds is 5. The van der Waals surface area contributed by atoms with Gasteiger partial charge in [-0.2, -0.15) is 9.50 Å². The second-order valence-electron chi connectivity index (χ2n) is 6.80. The molecule has 3 aromatic rings. The molecule has 8 heteroatoms. The molecule has 1 saturated carbocycles. The molecule has 3 N–H and O–H groups in total. The van der Waals surface area contributed by atoms with E-state index in [1.165, 1.54) is 29.5 Å². The van der Waals surface area contributed by atoms with Crippen LogP contribution >= 0.6 is 0 Å². The highest BCUT2D eigenvalue weighted by Gasteiger charge is 2.24. The molecule has 1 aromatic carbocycles. The molecule has 2 heterocycles. The summed E-state index contributed by atoms with van der Waals surface area (Å²) in [7, 11) is 0. The lowest BCUT2D eigenvalue weighted by atomic mass is 10.1. The first-order chi connectivity index (χ1) is 12.6. The van der Waals surface area contributed by atoms with E-state index >= 15 is 0 Å². The molecule has 136 valence electrons. The highest BCUT2D eigenvalue weighted by molar-refractivity contribution is 5.34. The monoisotopic (exact) mass is 356 g/mol. The van der Waals surface area contributed by atoms with E-state index in [9.17, 15) is 9.18 Å². The van der Waals surface area contributed by atoms with Crippen LogP contribution in [-0.4, -0.2) is 30.5 Å². The molecule has 1 aliphatic carbocycles. The predicted molar refractivity (Wildman–Crippen MR) is 95.9 cm³/mol. The number of anilines is 1. The molecule has 0 amide bonds. The third kappa shape index (κ3) is 3.45. The fraction of sp³-hybridized carbons (Fsp3) is 0.389. The lowest BCUT2D eigenvalue weighted by molar-refractivity contribution is 0.178. The third-order valence-corrected chi connectivity index (χ3v) is 4.88. The Morgan fingerprint density at radius 1 is 1.23 bits per heavy atom. The van der Waals surface area contributed by atoms with Crippen LogP contribution in [0.2, 0.25) is 0 Å². The van der Waals surface area contributed by atoms with Gasteiger partial charge in [0.1, 0.15) is 5.82 Å². The molecule has 26 heavy (non-hydrogen) atoms. The number of benzene rings is 1. The maximum absolute atomic E-state index is 13.6. The van der Waals surface area contributed by atoms with Crippen LogP contribution in [0, 0.1) is 5.82 Å². The zero-order chi connectivity index (χ0) is 18.1. The number of halogens is 1. The summed E-state index contributed by atoms with van der Waals surface area (Å²) in [5.74, 6) is 0.181. The van der Waals surface area contributed by atoms with Crippen LogP contribution in [-0.2, 0) is 13.1 Å². The molecule has 0 radical (unpaired) electrons. The van der Waals surface area contributed by atoms with Gasteiger partial charge in [0.25, 0.3) is 11.3 Å². The molecule has 0 spiro atoms. The van der Waals surface area contributed by atoms with Crippen molar-refractivity contribution < 1.29 is 4.39 Å². The maximum Gasteiger partial charge on any atom is 0.274 e. The maximum atomic E-state index is 13.6. The average Bonchev–Trinajstić information content (AvgIpc) is 3.23. The van der Waals surface area contributed by atoms with E-state index in [0.29, 0.717) is 24.8 Å². The van der Waals surface area contributed by atoms with Gasteiger partial charge in [0.15, 0.2) is 0 Å². The number of H-pyrrole nitrogens is 1. The average molecular weight is 356 g/mol. The number of hydrogen-bond acceptors (Lipinski definition) is 5. The van der Waals surface area contributed by atoms with Crippen molar-refractivity contribution in [2.24, 2.45) is 0 Å². The van der Waals surface area contributed by atoms with Gasteiger partial charge in [-0.1, -0.05) is 25.0 Å². The van der Waals surface area contributed by atoms with E-state index in [0.717, 1.165) is 18.4 Å². The summed E-state index contributed by atoms with van der Waals surface area (Å²) in [6, 6.07) is 8.55. The lowest BCUT2D eigenvalue weighted by Crippen LogP contribution is -2.33. The fourth-order valence-electron chi connectivity index (χ4n) is 3.69. The topological polar surface area (TPSA) is 92.3 Å². The fourth-order valence-corrected chi connectivity index (χ4v) is 3.69. The standard InChI is InChI=1S/C18H21FN6O/c19-13-5-3-4-12(8-13)10-24(15-6-1-2-7-15)11-14-9-16(26)25-18(21-14)22-17(20)23-25/h3-5,8-9,15H,1-2,6-7,10-11H2,(H3,20,21,22,23). The van der Waals surface area contributed by atoms with Crippen molar-refractivity contribution in [2.45, 2.75) is 44.8 Å². The lowest BCUT2D eigenvalue weighted by Gasteiger charge is -2.28. The molecule has 1 aliphatic rings. The van der Waals surface area contributed by atoms with Crippen LogP contribution < -0.4 is 11.3 Å². The van der Waals surface area contributed by atoms with E-state index < -0.39 is 0 Å². The van der Waals surface area contributed by atoms with Gasteiger partial charge < -0.3 is 5.73 Å². The molecule has 7 nitrogen and oxygen atoms in total. The number of nitrogen functional groups attached to an aromatic ring is 1. The van der Waals surface area contributed by atoms with E-state index in [2.05, 4.69) is 20.0 Å². The van der Waals surface area contributed by atoms with Crippen LogP contribution in [0.15, 0.2) is 35.1 Å². The van der Waals surface area contributed by atoms with Crippen molar-refractivity contribution in [1.82, 2.24) is 24.5 Å². The normalized spacial score (nSPS) is 15.3. The highest BCUT2D eigenvalue weighted by atomic mass is 19.1. The summed E-state index contributed by atoms with van der Waals surface area (Å²) < 4.78 is 14.8. The molecule has 4 rings (SSSR count). The van der Waals surface area contributed by atoms with Crippen molar-refractivity contribution in [3.05, 3.63) is 57.8 Å². The number of aromatic nitrogens is 4. The van der Waals surface area contributed by atoms with Crippen molar-refractivity contribution in [3.8, 4) is 0 Å². The van der Waals surface area contributed by atoms with Crippen molar-refractivity contribution in [1.29, 1.82) is 0 Å². The van der Waals surface area contributed by atoms with Gasteiger partial charge in [0.2, 0.25) is 5.95 Å². The minimum atomic E-state index is -0.244. The first-order valence-corrected chi connectivity index (χ1v) is 8.81. The molecule has 1 fully saturated rings. The van der Waals surface area contributed by atoms with Gasteiger partial charge >= 0.3 is 0 Å². The number of fused-ring (bicyclic) bond motifs is 1. The van der Waals surface area contributed by atoms with E-state index in [1.807, 2.05) is 6.07 Å². The highest BCUT2D eigenvalue weighted by Crippen LogP contribution is 2.26. The first-order valence-electron chi connectivity index (χ1n) is 8.81. The summed E-state index contributed by atoms with van der Waals surface area (Å²) >= 11 is 0. The molecular weight excluding hydrogens is 335 g/mol. The predicted octanol–water partition coefficient (Wildman–Crippen LogP) is 2.08. The first kappa shape index (κ1) is 16.7. The molecule has 2 aromatic heterocycles. The van der Waals surface area contributed by atoms with Crippen LogP contribution in [0.25, 0.3) is 5.78 Å². The quantitative estimate of drug-likeness (QED) is 0.730. The summed E-state index contributed by atoms with van der Waals surface area (Å²) in [5.41, 5.74) is 6.93. The summed E-state index contributed by atoms with van der Waals surface area (Å²) in [5, 5.41) is 2.66. The summed E-state index contributed by atoms with van der Waals surface area (Å²) in [6.45, 7) is 1.13. The Kier molecular flexibility index (Phi) is 4.42. The van der Waals surface area contributed by atoms with Crippen LogP contribution in [0.4, 0.5) is 10.3 Å². The van der Waals surface area contributed by atoms with Gasteiger partial charge in [-0.15, -0.1) is 0 Å². The van der Waals surface area contributed by atoms with Gasteiger partial charge in [-0.25, -0.2) is 9.37 Å². The second kappa shape index (κ2) is 6.87. The number of hydrogen-bond donors (Lipinski definition) is 2. The van der Waals surface area contributed by atoms with Gasteiger partial charge in [-0.05, 0) is 30.5 Å². The Morgan fingerprint density at radius 2 is 2.04 bits per heavy atom. The van der Waals surface area contributed by atoms with E-state index in [4.69, 9.17) is 5.73 Å². The Labute approximate surface area is 149 Å². The molecule has 0 aliphatic heterocycles. The zero-order valence-electron chi connectivity index (χ0n) is 14.4. The largest absolute Gasteiger partial charge is 0.368 e. The summed E-state index contributed by atoms with van der Waals surface area (Å²) in [6.07, 6.45) is 4.59. The third-order valence-electron chi connectivity index (χ3n) is 4.88. The Hall–Kier alpha value is -2.74. The molecule has 0 bridgehead atoms. The Morgan fingerprint density at radius 3 is 2.81 bits per heavy atom. The minimum absolute atomic E-state index is 0.152. The second-order valence-corrected chi connectivity index (χ2v) is 6.80. The van der Waals surface area contributed by atoms with Crippen molar-refractivity contribution >= 4 is 11.7 Å². The molecular formula is C18H21FN6O. The number of nitrogens with two attached hydrogens (primary N) is 1. The van der Waals surface area contributed by atoms with Gasteiger partial charge in [0, 0.05) is 25.2 Å². The van der Waals surface area contributed by atoms with E-state index in [-0.39, 0.29) is 23.1 Å². The Balaban J connectivity index is 1.62. The van der Waals surface area contributed by atoms with Gasteiger partial charge in [0.05, 0.1) is 5.69 Å². The van der Waals surface area contributed by atoms with E-state index in [1.54, 1.807) is 12.1 Å². The molecule has 0 atom stereocenters. The summed E-state index contributed by atoms with van der Waals surface area (Å²) in [4.78, 5) is 23.0. The SMILES string of the molecule is Nc1nc2nc(CN(Cc3cccc(F)c3)C3CCCC3)cc(=O)n2[nH]1. The minimum Gasteiger partial charge on any atom is -0.368 e.